The normalized spacial score (nSPS) is 22.3. The molecule has 1 aliphatic rings. The van der Waals surface area contributed by atoms with Crippen molar-refractivity contribution in [3.63, 3.8) is 0 Å². The van der Waals surface area contributed by atoms with Crippen LogP contribution in [0.2, 0.25) is 0 Å². The van der Waals surface area contributed by atoms with E-state index in [4.69, 9.17) is 5.73 Å². The molecule has 0 radical (unpaired) electrons. The number of carbonyl (C=O) groups is 1. The molecule has 1 aliphatic carbocycles. The van der Waals surface area contributed by atoms with E-state index in [0.717, 1.165) is 31.4 Å². The molecule has 1 saturated carbocycles. The van der Waals surface area contributed by atoms with Crippen molar-refractivity contribution in [3.8, 4) is 0 Å². The van der Waals surface area contributed by atoms with Crippen LogP contribution < -0.4 is 11.1 Å². The zero-order chi connectivity index (χ0) is 15.6. The van der Waals surface area contributed by atoms with Gasteiger partial charge in [-0.25, -0.2) is 4.39 Å². The Bertz CT molecular complexity index is 530. The fourth-order valence-electron chi connectivity index (χ4n) is 2.56. The fraction of sp³-hybridized carbons (Fsp3) is 0.500. The Kier molecular flexibility index (Phi) is 4.51. The highest BCUT2D eigenvalue weighted by Crippen LogP contribution is 2.32. The lowest BCUT2D eigenvalue weighted by atomic mass is 10.0. The van der Waals surface area contributed by atoms with Gasteiger partial charge < -0.3 is 11.1 Å². The molecule has 3 N–H and O–H groups in total. The largest absolute Gasteiger partial charge is 0.419 e. The lowest BCUT2D eigenvalue weighted by Crippen LogP contribution is -2.36. The third-order valence-corrected chi connectivity index (χ3v) is 3.79. The molecule has 2 rings (SSSR count). The summed E-state index contributed by atoms with van der Waals surface area (Å²) in [5, 5.41) is 2.46. The van der Waals surface area contributed by atoms with Crippen LogP contribution >= 0.6 is 0 Å². The molecular formula is C14H16F4N2O. The number of halogens is 4. The maximum atomic E-state index is 13.8. The van der Waals surface area contributed by atoms with Crippen molar-refractivity contribution in [1.82, 2.24) is 5.32 Å². The van der Waals surface area contributed by atoms with Crippen molar-refractivity contribution in [1.29, 1.82) is 0 Å². The molecule has 2 unspecified atom stereocenters. The van der Waals surface area contributed by atoms with Crippen LogP contribution in [0.3, 0.4) is 0 Å². The van der Waals surface area contributed by atoms with Gasteiger partial charge in [0.2, 0.25) is 0 Å². The second kappa shape index (κ2) is 6.01. The minimum Gasteiger partial charge on any atom is -0.352 e. The molecule has 0 bridgehead atoms. The number of carbonyl (C=O) groups excluding carboxylic acids is 1. The van der Waals surface area contributed by atoms with Gasteiger partial charge >= 0.3 is 6.18 Å². The number of nitrogens with one attached hydrogen (secondary N) is 1. The average molecular weight is 304 g/mol. The third kappa shape index (κ3) is 3.53. The average Bonchev–Trinajstić information content (AvgIpc) is 2.80. The molecule has 0 spiro atoms. The topological polar surface area (TPSA) is 55.1 Å². The van der Waals surface area contributed by atoms with E-state index < -0.39 is 29.0 Å². The number of hydrogen-bond donors (Lipinski definition) is 2. The number of rotatable bonds is 3. The first kappa shape index (κ1) is 15.8. The second-order valence-corrected chi connectivity index (χ2v) is 5.23. The van der Waals surface area contributed by atoms with Gasteiger partial charge in [0.05, 0.1) is 11.1 Å². The van der Waals surface area contributed by atoms with E-state index in [-0.39, 0.29) is 18.5 Å². The Labute approximate surface area is 119 Å². The van der Waals surface area contributed by atoms with Gasteiger partial charge in [-0.1, -0.05) is 12.5 Å². The molecule has 0 aromatic heterocycles. The van der Waals surface area contributed by atoms with Crippen molar-refractivity contribution >= 4 is 5.91 Å². The van der Waals surface area contributed by atoms with E-state index in [0.29, 0.717) is 6.07 Å². The zero-order valence-electron chi connectivity index (χ0n) is 11.2. The zero-order valence-corrected chi connectivity index (χ0v) is 11.2. The highest BCUT2D eigenvalue weighted by molar-refractivity contribution is 5.94. The first-order valence-corrected chi connectivity index (χ1v) is 6.70. The summed E-state index contributed by atoms with van der Waals surface area (Å²) in [4.78, 5) is 11.8. The molecular weight excluding hydrogens is 288 g/mol. The molecule has 0 heterocycles. The van der Waals surface area contributed by atoms with Gasteiger partial charge in [0, 0.05) is 12.6 Å². The Morgan fingerprint density at radius 3 is 2.62 bits per heavy atom. The predicted molar refractivity (Wildman–Crippen MR) is 69.1 cm³/mol. The molecule has 21 heavy (non-hydrogen) atoms. The van der Waals surface area contributed by atoms with E-state index >= 15 is 0 Å². The summed E-state index contributed by atoms with van der Waals surface area (Å²) in [5.74, 6) is -2.31. The lowest BCUT2D eigenvalue weighted by Gasteiger charge is -2.16. The Hall–Kier alpha value is -1.63. The van der Waals surface area contributed by atoms with E-state index in [1.807, 2.05) is 0 Å². The van der Waals surface area contributed by atoms with Crippen LogP contribution in [0.25, 0.3) is 0 Å². The first-order valence-electron chi connectivity index (χ1n) is 6.70. The summed E-state index contributed by atoms with van der Waals surface area (Å²) in [5.41, 5.74) is 3.80. The Morgan fingerprint density at radius 1 is 1.33 bits per heavy atom. The van der Waals surface area contributed by atoms with E-state index in [9.17, 15) is 22.4 Å². The molecule has 116 valence electrons. The van der Waals surface area contributed by atoms with Crippen molar-refractivity contribution < 1.29 is 22.4 Å². The molecule has 7 heteroatoms. The van der Waals surface area contributed by atoms with Crippen molar-refractivity contribution in [2.45, 2.75) is 31.5 Å². The molecule has 2 atom stereocenters. The minimum absolute atomic E-state index is 0.0309. The quantitative estimate of drug-likeness (QED) is 0.844. The van der Waals surface area contributed by atoms with Gasteiger partial charge in [0.15, 0.2) is 0 Å². The van der Waals surface area contributed by atoms with Gasteiger partial charge in [0.25, 0.3) is 5.91 Å². The van der Waals surface area contributed by atoms with Crippen LogP contribution in [0.15, 0.2) is 18.2 Å². The molecule has 1 aromatic carbocycles. The van der Waals surface area contributed by atoms with Gasteiger partial charge in [-0.15, -0.1) is 0 Å². The summed E-state index contributed by atoms with van der Waals surface area (Å²) in [6.45, 7) is 0.246. The fourth-order valence-corrected chi connectivity index (χ4v) is 2.56. The number of hydrogen-bond acceptors (Lipinski definition) is 2. The smallest absolute Gasteiger partial charge is 0.352 e. The Morgan fingerprint density at radius 2 is 2.05 bits per heavy atom. The summed E-state index contributed by atoms with van der Waals surface area (Å²) >= 11 is 0. The van der Waals surface area contributed by atoms with Crippen molar-refractivity contribution in [2.75, 3.05) is 6.54 Å². The van der Waals surface area contributed by atoms with Gasteiger partial charge in [-0.2, -0.15) is 13.2 Å². The predicted octanol–water partition coefficient (Wildman–Crippen LogP) is 2.70. The molecule has 1 amide bonds. The minimum atomic E-state index is -4.83. The van der Waals surface area contributed by atoms with Crippen LogP contribution in [0, 0.1) is 11.7 Å². The van der Waals surface area contributed by atoms with Crippen LogP contribution in [0.1, 0.15) is 35.2 Å². The summed E-state index contributed by atoms with van der Waals surface area (Å²) in [6.07, 6.45) is -2.15. The molecule has 0 aliphatic heterocycles. The van der Waals surface area contributed by atoms with E-state index in [1.54, 1.807) is 0 Å². The van der Waals surface area contributed by atoms with Crippen molar-refractivity contribution in [2.24, 2.45) is 11.7 Å². The molecule has 0 saturated heterocycles. The van der Waals surface area contributed by atoms with Crippen molar-refractivity contribution in [3.05, 3.63) is 35.1 Å². The van der Waals surface area contributed by atoms with Crippen LogP contribution in [0.4, 0.5) is 17.6 Å². The van der Waals surface area contributed by atoms with Gasteiger partial charge in [0.1, 0.15) is 5.82 Å². The number of alkyl halides is 3. The van der Waals surface area contributed by atoms with Crippen LogP contribution in [0.5, 0.6) is 0 Å². The lowest BCUT2D eigenvalue weighted by molar-refractivity contribution is -0.140. The standard InChI is InChI=1S/C14H16F4N2O/c15-12-9(4-2-5-10(12)14(16,17)18)13(21)20-7-8-3-1-6-11(8)19/h2,4-5,8,11H,1,3,6-7,19H2,(H,20,21). The summed E-state index contributed by atoms with van der Waals surface area (Å²) in [6, 6.07) is 2.63. The van der Waals surface area contributed by atoms with E-state index in [2.05, 4.69) is 5.32 Å². The second-order valence-electron chi connectivity index (χ2n) is 5.23. The number of nitrogens with two attached hydrogens (primary N) is 1. The number of amides is 1. The van der Waals surface area contributed by atoms with Gasteiger partial charge in [-0.05, 0) is 30.9 Å². The highest BCUT2D eigenvalue weighted by Gasteiger charge is 2.35. The maximum absolute atomic E-state index is 13.8. The van der Waals surface area contributed by atoms with Crippen LogP contribution in [-0.4, -0.2) is 18.5 Å². The Balaban J connectivity index is 2.09. The van der Waals surface area contributed by atoms with Gasteiger partial charge in [-0.3, -0.25) is 4.79 Å². The summed E-state index contributed by atoms with van der Waals surface area (Å²) < 4.78 is 51.6. The van der Waals surface area contributed by atoms with E-state index in [1.165, 1.54) is 0 Å². The third-order valence-electron chi connectivity index (χ3n) is 3.79. The summed E-state index contributed by atoms with van der Waals surface area (Å²) in [7, 11) is 0. The first-order chi connectivity index (χ1) is 9.80. The molecule has 1 fully saturated rings. The highest BCUT2D eigenvalue weighted by atomic mass is 19.4. The maximum Gasteiger partial charge on any atom is 0.419 e. The monoisotopic (exact) mass is 304 g/mol. The molecule has 1 aromatic rings. The van der Waals surface area contributed by atoms with Crippen LogP contribution in [-0.2, 0) is 6.18 Å². The molecule has 3 nitrogen and oxygen atoms in total. The number of benzene rings is 1. The SMILES string of the molecule is NC1CCCC1CNC(=O)c1cccc(C(F)(F)F)c1F.